The highest BCUT2D eigenvalue weighted by molar-refractivity contribution is 7.84. The Kier molecular flexibility index (Phi) is 5.81. The molecule has 1 atom stereocenters. The molecular formula is C18H23N7O3S. The SMILES string of the molecule is CS(=O)c1nccc(-c2cnc3c(NC4CCC(NC(O)O)CC4)nccn23)n1. The Bertz CT molecular complexity index is 1020. The predicted octanol–water partition coefficient (Wildman–Crippen LogP) is 0.505. The molecular weight excluding hydrogens is 394 g/mol. The van der Waals surface area contributed by atoms with Crippen molar-refractivity contribution < 1.29 is 14.4 Å². The van der Waals surface area contributed by atoms with Crippen LogP contribution in [0.15, 0.2) is 36.0 Å². The summed E-state index contributed by atoms with van der Waals surface area (Å²) in [4.78, 5) is 17.4. The van der Waals surface area contributed by atoms with Crippen LogP contribution >= 0.6 is 0 Å². The highest BCUT2D eigenvalue weighted by Crippen LogP contribution is 2.26. The minimum atomic E-state index is -1.48. The zero-order chi connectivity index (χ0) is 20.4. The first-order valence-corrected chi connectivity index (χ1v) is 10.9. The topological polar surface area (TPSA) is 138 Å². The molecule has 0 radical (unpaired) electrons. The highest BCUT2D eigenvalue weighted by atomic mass is 32.2. The van der Waals surface area contributed by atoms with E-state index in [1.807, 2.05) is 10.6 Å². The molecule has 11 heteroatoms. The molecule has 10 nitrogen and oxygen atoms in total. The Morgan fingerprint density at radius 2 is 1.90 bits per heavy atom. The van der Waals surface area contributed by atoms with E-state index in [0.717, 1.165) is 31.4 Å². The second kappa shape index (κ2) is 8.49. The third-order valence-electron chi connectivity index (χ3n) is 5.03. The van der Waals surface area contributed by atoms with Crippen LogP contribution in [0.5, 0.6) is 0 Å². The van der Waals surface area contributed by atoms with Crippen molar-refractivity contribution in [2.24, 2.45) is 0 Å². The maximum Gasteiger partial charge on any atom is 0.218 e. The van der Waals surface area contributed by atoms with Crippen LogP contribution in [0.4, 0.5) is 5.82 Å². The zero-order valence-electron chi connectivity index (χ0n) is 15.9. The smallest absolute Gasteiger partial charge is 0.218 e. The second-order valence-corrected chi connectivity index (χ2v) is 8.30. The van der Waals surface area contributed by atoms with Gasteiger partial charge in [-0.1, -0.05) is 0 Å². The first kappa shape index (κ1) is 19.8. The quantitative estimate of drug-likeness (QED) is 0.334. The molecule has 154 valence electrons. The maximum atomic E-state index is 11.7. The molecule has 1 unspecified atom stereocenters. The van der Waals surface area contributed by atoms with E-state index in [0.29, 0.717) is 17.2 Å². The Balaban J connectivity index is 1.54. The molecule has 1 aliphatic carbocycles. The molecule has 3 aromatic rings. The fraction of sp³-hybridized carbons (Fsp3) is 0.444. The summed E-state index contributed by atoms with van der Waals surface area (Å²) in [5.74, 6) is 0.686. The van der Waals surface area contributed by atoms with Crippen LogP contribution in [0.3, 0.4) is 0 Å². The van der Waals surface area contributed by atoms with Crippen molar-refractivity contribution in [3.63, 3.8) is 0 Å². The molecule has 0 saturated heterocycles. The minimum absolute atomic E-state index is 0.103. The van der Waals surface area contributed by atoms with E-state index in [-0.39, 0.29) is 17.2 Å². The number of hydrogen-bond donors (Lipinski definition) is 4. The number of aromatic nitrogens is 5. The van der Waals surface area contributed by atoms with Gasteiger partial charge in [-0.05, 0) is 31.7 Å². The molecule has 0 spiro atoms. The molecule has 4 rings (SSSR count). The molecule has 0 amide bonds. The molecule has 0 aliphatic heterocycles. The van der Waals surface area contributed by atoms with Gasteiger partial charge in [0.15, 0.2) is 11.5 Å². The monoisotopic (exact) mass is 417 g/mol. The molecule has 0 bridgehead atoms. The van der Waals surface area contributed by atoms with Crippen molar-refractivity contribution in [1.29, 1.82) is 0 Å². The van der Waals surface area contributed by atoms with Crippen molar-refractivity contribution in [2.75, 3.05) is 11.6 Å². The van der Waals surface area contributed by atoms with Gasteiger partial charge >= 0.3 is 0 Å². The van der Waals surface area contributed by atoms with E-state index in [4.69, 9.17) is 10.2 Å². The summed E-state index contributed by atoms with van der Waals surface area (Å²) in [6.07, 6.45) is 10.4. The van der Waals surface area contributed by atoms with Crippen molar-refractivity contribution in [3.8, 4) is 11.4 Å². The largest absolute Gasteiger partial charge is 0.364 e. The van der Waals surface area contributed by atoms with E-state index in [2.05, 4.69) is 30.6 Å². The second-order valence-electron chi connectivity index (χ2n) is 7.02. The average molecular weight is 417 g/mol. The average Bonchev–Trinajstić information content (AvgIpc) is 3.14. The molecule has 29 heavy (non-hydrogen) atoms. The lowest BCUT2D eigenvalue weighted by Gasteiger charge is -2.30. The number of anilines is 1. The number of rotatable bonds is 6. The first-order valence-electron chi connectivity index (χ1n) is 9.39. The van der Waals surface area contributed by atoms with E-state index in [1.165, 1.54) is 0 Å². The summed E-state index contributed by atoms with van der Waals surface area (Å²) in [5.41, 5.74) is 2.10. The Labute approximate surface area is 169 Å². The fourth-order valence-corrected chi connectivity index (χ4v) is 4.08. The number of hydrogen-bond acceptors (Lipinski definition) is 9. The van der Waals surface area contributed by atoms with Gasteiger partial charge in [-0.15, -0.1) is 0 Å². The van der Waals surface area contributed by atoms with Crippen LogP contribution in [-0.2, 0) is 10.8 Å². The summed E-state index contributed by atoms with van der Waals surface area (Å²) in [7, 11) is -1.26. The number of aliphatic hydroxyl groups excluding tert-OH is 1. The lowest BCUT2D eigenvalue weighted by atomic mass is 9.91. The molecule has 0 aromatic carbocycles. The summed E-state index contributed by atoms with van der Waals surface area (Å²) >= 11 is 0. The van der Waals surface area contributed by atoms with Gasteiger partial charge in [-0.25, -0.2) is 19.9 Å². The summed E-state index contributed by atoms with van der Waals surface area (Å²) < 4.78 is 13.6. The molecule has 1 saturated carbocycles. The fourth-order valence-electron chi connectivity index (χ4n) is 3.64. The van der Waals surface area contributed by atoms with Crippen molar-refractivity contribution in [3.05, 3.63) is 30.9 Å². The van der Waals surface area contributed by atoms with Crippen LogP contribution in [0, 0.1) is 0 Å². The zero-order valence-corrected chi connectivity index (χ0v) is 16.7. The summed E-state index contributed by atoms with van der Waals surface area (Å²) in [6.45, 7) is 0. The predicted molar refractivity (Wildman–Crippen MR) is 107 cm³/mol. The van der Waals surface area contributed by atoms with Gasteiger partial charge in [0.1, 0.15) is 0 Å². The van der Waals surface area contributed by atoms with Crippen molar-refractivity contribution in [1.82, 2.24) is 29.7 Å². The van der Waals surface area contributed by atoms with Crippen LogP contribution in [0.25, 0.3) is 17.0 Å². The van der Waals surface area contributed by atoms with E-state index in [1.54, 1.807) is 30.9 Å². The standard InChI is InChI=1S/C18H23N7O3S/c1-29(28)17-20-7-6-13(24-17)14-10-21-16-15(19-8-9-25(14)16)22-11-2-4-12(5-3-11)23-18(26)27/h6-12,18,23,26-27H,2-5H2,1H3,(H,19,22). The van der Waals surface area contributed by atoms with Crippen LogP contribution in [0.2, 0.25) is 0 Å². The van der Waals surface area contributed by atoms with Gasteiger partial charge in [0.2, 0.25) is 11.6 Å². The number of fused-ring (bicyclic) bond motifs is 1. The van der Waals surface area contributed by atoms with Gasteiger partial charge in [-0.3, -0.25) is 13.9 Å². The summed E-state index contributed by atoms with van der Waals surface area (Å²) in [6, 6.07) is 2.10. The number of imidazole rings is 1. The Morgan fingerprint density at radius 3 is 2.62 bits per heavy atom. The number of nitrogens with one attached hydrogen (secondary N) is 2. The molecule has 1 aliphatic rings. The third-order valence-corrected chi connectivity index (χ3v) is 5.74. The molecule has 3 heterocycles. The normalized spacial score (nSPS) is 20.8. The van der Waals surface area contributed by atoms with Crippen molar-refractivity contribution >= 4 is 22.3 Å². The number of nitrogens with zero attached hydrogens (tertiary/aromatic N) is 5. The third kappa shape index (κ3) is 4.42. The highest BCUT2D eigenvalue weighted by Gasteiger charge is 2.23. The van der Waals surface area contributed by atoms with Gasteiger partial charge in [-0.2, -0.15) is 0 Å². The van der Waals surface area contributed by atoms with E-state index < -0.39 is 17.2 Å². The van der Waals surface area contributed by atoms with Gasteiger partial charge < -0.3 is 15.5 Å². The van der Waals surface area contributed by atoms with Crippen LogP contribution in [0.1, 0.15) is 25.7 Å². The van der Waals surface area contributed by atoms with Gasteiger partial charge in [0, 0.05) is 36.9 Å². The van der Waals surface area contributed by atoms with Crippen LogP contribution in [-0.4, -0.2) is 63.5 Å². The van der Waals surface area contributed by atoms with Crippen molar-refractivity contribution in [2.45, 2.75) is 49.3 Å². The lowest BCUT2D eigenvalue weighted by Crippen LogP contribution is -2.42. The van der Waals surface area contributed by atoms with Gasteiger partial charge in [0.05, 0.1) is 28.4 Å². The number of aliphatic hydroxyl groups is 2. The molecule has 1 fully saturated rings. The molecule has 4 N–H and O–H groups in total. The molecule has 3 aromatic heterocycles. The minimum Gasteiger partial charge on any atom is -0.364 e. The summed E-state index contributed by atoms with van der Waals surface area (Å²) in [5, 5.41) is 24.6. The van der Waals surface area contributed by atoms with Crippen LogP contribution < -0.4 is 10.6 Å². The Hall–Kier alpha value is -2.47. The van der Waals surface area contributed by atoms with E-state index in [9.17, 15) is 4.21 Å². The first-order chi connectivity index (χ1) is 14.0. The van der Waals surface area contributed by atoms with E-state index >= 15 is 0 Å². The maximum absolute atomic E-state index is 11.7. The Morgan fingerprint density at radius 1 is 1.14 bits per heavy atom. The van der Waals surface area contributed by atoms with Gasteiger partial charge in [0.25, 0.3) is 0 Å². The lowest BCUT2D eigenvalue weighted by molar-refractivity contribution is -0.0759.